The second kappa shape index (κ2) is 7.74. The Hall–Kier alpha value is -2.96. The number of aromatic nitrogens is 2. The number of imidazole rings is 1. The Bertz CT molecular complexity index is 895. The van der Waals surface area contributed by atoms with Gasteiger partial charge in [-0.1, -0.05) is 38.3 Å². The quantitative estimate of drug-likeness (QED) is 0.253. The first kappa shape index (κ1) is 16.9. The van der Waals surface area contributed by atoms with Crippen molar-refractivity contribution in [2.45, 2.75) is 39.2 Å². The first-order valence-corrected chi connectivity index (χ1v) is 8.42. The van der Waals surface area contributed by atoms with Crippen LogP contribution in [0.15, 0.2) is 45.8 Å². The highest BCUT2D eigenvalue weighted by Crippen LogP contribution is 2.23. The zero-order chi connectivity index (χ0) is 17.6. The summed E-state index contributed by atoms with van der Waals surface area (Å²) in [6, 6.07) is 10.7. The van der Waals surface area contributed by atoms with Gasteiger partial charge in [-0.25, -0.2) is 9.98 Å². The third-order valence-electron chi connectivity index (χ3n) is 3.97. The maximum absolute atomic E-state index is 10.7. The molecular formula is C18H20N4O3. The van der Waals surface area contributed by atoms with Crippen LogP contribution in [0.25, 0.3) is 11.0 Å². The van der Waals surface area contributed by atoms with E-state index in [0.29, 0.717) is 11.7 Å². The van der Waals surface area contributed by atoms with Crippen molar-refractivity contribution in [2.75, 3.05) is 0 Å². The number of aryl methyl sites for hydroxylation is 1. The molecule has 0 radical (unpaired) electrons. The minimum atomic E-state index is -0.569. The first-order valence-electron chi connectivity index (χ1n) is 8.42. The molecule has 0 aliphatic carbocycles. The number of aliphatic imine (C=N–C) groups is 1. The SMILES string of the molecule is CCCCCCn1c(N=Cc2ccc([N+](=O)[O-])o2)nc2ccccc21. The van der Waals surface area contributed by atoms with Crippen LogP contribution in [0.2, 0.25) is 0 Å². The van der Waals surface area contributed by atoms with Crippen LogP contribution in [0.5, 0.6) is 0 Å². The molecular weight excluding hydrogens is 320 g/mol. The topological polar surface area (TPSA) is 86.5 Å². The summed E-state index contributed by atoms with van der Waals surface area (Å²) in [6.07, 6.45) is 6.09. The number of hydrogen-bond acceptors (Lipinski definition) is 5. The van der Waals surface area contributed by atoms with E-state index < -0.39 is 4.92 Å². The van der Waals surface area contributed by atoms with E-state index in [9.17, 15) is 10.1 Å². The van der Waals surface area contributed by atoms with Crippen molar-refractivity contribution in [3.8, 4) is 0 Å². The van der Waals surface area contributed by atoms with Gasteiger partial charge in [0.25, 0.3) is 0 Å². The lowest BCUT2D eigenvalue weighted by Gasteiger charge is -2.06. The van der Waals surface area contributed by atoms with Crippen molar-refractivity contribution in [1.82, 2.24) is 9.55 Å². The molecule has 7 nitrogen and oxygen atoms in total. The molecule has 0 saturated heterocycles. The van der Waals surface area contributed by atoms with Gasteiger partial charge in [-0.15, -0.1) is 0 Å². The summed E-state index contributed by atoms with van der Waals surface area (Å²) in [5, 5.41) is 10.7. The summed E-state index contributed by atoms with van der Waals surface area (Å²) in [5.74, 6) is 0.613. The van der Waals surface area contributed by atoms with Crippen LogP contribution in [0.1, 0.15) is 38.4 Å². The van der Waals surface area contributed by atoms with Crippen LogP contribution in [-0.4, -0.2) is 20.7 Å². The van der Waals surface area contributed by atoms with Crippen molar-refractivity contribution in [2.24, 2.45) is 4.99 Å². The fourth-order valence-electron chi connectivity index (χ4n) is 2.71. The molecule has 0 saturated carbocycles. The molecule has 1 aromatic carbocycles. The number of fused-ring (bicyclic) bond motifs is 1. The predicted molar refractivity (Wildman–Crippen MR) is 96.5 cm³/mol. The minimum Gasteiger partial charge on any atom is -0.400 e. The number of nitrogens with zero attached hydrogens (tertiary/aromatic N) is 4. The maximum atomic E-state index is 10.7. The van der Waals surface area contributed by atoms with Crippen molar-refractivity contribution in [3.05, 3.63) is 52.3 Å². The lowest BCUT2D eigenvalue weighted by atomic mass is 10.2. The highest BCUT2D eigenvalue weighted by molar-refractivity contribution is 5.82. The number of rotatable bonds is 8. The summed E-state index contributed by atoms with van der Waals surface area (Å²) in [5.41, 5.74) is 1.92. The second-order valence-electron chi connectivity index (χ2n) is 5.80. The highest BCUT2D eigenvalue weighted by Gasteiger charge is 2.12. The van der Waals surface area contributed by atoms with Gasteiger partial charge in [-0.3, -0.25) is 10.1 Å². The third kappa shape index (κ3) is 3.93. The largest absolute Gasteiger partial charge is 0.433 e. The van der Waals surface area contributed by atoms with Gasteiger partial charge >= 0.3 is 5.88 Å². The Morgan fingerprint density at radius 1 is 1.24 bits per heavy atom. The number of unbranched alkanes of at least 4 members (excludes halogenated alkanes) is 3. The van der Waals surface area contributed by atoms with Crippen LogP contribution in [0.4, 0.5) is 11.8 Å². The molecule has 0 spiro atoms. The smallest absolute Gasteiger partial charge is 0.400 e. The molecule has 0 N–H and O–H groups in total. The van der Waals surface area contributed by atoms with Crippen molar-refractivity contribution in [3.63, 3.8) is 0 Å². The monoisotopic (exact) mass is 340 g/mol. The Balaban J connectivity index is 1.85. The molecule has 3 rings (SSSR count). The fraction of sp³-hybridized carbons (Fsp3) is 0.333. The molecule has 0 unspecified atom stereocenters. The second-order valence-corrected chi connectivity index (χ2v) is 5.80. The van der Waals surface area contributed by atoms with Crippen LogP contribution in [0, 0.1) is 10.1 Å². The van der Waals surface area contributed by atoms with E-state index in [2.05, 4.69) is 21.5 Å². The van der Waals surface area contributed by atoms with E-state index in [1.54, 1.807) is 0 Å². The predicted octanol–water partition coefficient (Wildman–Crippen LogP) is 4.87. The van der Waals surface area contributed by atoms with Crippen LogP contribution >= 0.6 is 0 Å². The number of furan rings is 1. The van der Waals surface area contributed by atoms with E-state index in [1.807, 2.05) is 24.3 Å². The van der Waals surface area contributed by atoms with Gasteiger partial charge in [0.1, 0.15) is 4.92 Å². The molecule has 7 heteroatoms. The Morgan fingerprint density at radius 3 is 2.84 bits per heavy atom. The van der Waals surface area contributed by atoms with Crippen molar-refractivity contribution < 1.29 is 9.34 Å². The summed E-state index contributed by atoms with van der Waals surface area (Å²) in [7, 11) is 0. The van der Waals surface area contributed by atoms with E-state index in [-0.39, 0.29) is 5.88 Å². The summed E-state index contributed by atoms with van der Waals surface area (Å²) in [6.45, 7) is 3.02. The number of benzene rings is 1. The van der Waals surface area contributed by atoms with E-state index in [1.165, 1.54) is 31.2 Å². The standard InChI is InChI=1S/C18H20N4O3/c1-2-3-4-7-12-21-16-9-6-5-8-15(16)20-18(21)19-13-14-10-11-17(25-14)22(23)24/h5-6,8-11,13H,2-4,7,12H2,1H3. The molecule has 2 heterocycles. The first-order chi connectivity index (χ1) is 12.2. The van der Waals surface area contributed by atoms with Crippen LogP contribution < -0.4 is 0 Å². The summed E-state index contributed by atoms with van der Waals surface area (Å²) >= 11 is 0. The Labute approximate surface area is 145 Å². The number of para-hydroxylation sites is 2. The Kier molecular flexibility index (Phi) is 5.23. The van der Waals surface area contributed by atoms with Crippen molar-refractivity contribution in [1.29, 1.82) is 0 Å². The van der Waals surface area contributed by atoms with Gasteiger partial charge in [0, 0.05) is 6.54 Å². The van der Waals surface area contributed by atoms with Crippen molar-refractivity contribution >= 4 is 29.1 Å². The average molecular weight is 340 g/mol. The number of nitro groups is 1. The normalized spacial score (nSPS) is 11.6. The van der Waals surface area contributed by atoms with E-state index >= 15 is 0 Å². The zero-order valence-electron chi connectivity index (χ0n) is 14.1. The molecule has 0 aliphatic heterocycles. The van der Waals surface area contributed by atoms with E-state index in [4.69, 9.17) is 4.42 Å². The molecule has 3 aromatic rings. The van der Waals surface area contributed by atoms with Gasteiger partial charge in [0.05, 0.1) is 23.3 Å². The van der Waals surface area contributed by atoms with Crippen LogP contribution in [0.3, 0.4) is 0 Å². The third-order valence-corrected chi connectivity index (χ3v) is 3.97. The Morgan fingerprint density at radius 2 is 2.08 bits per heavy atom. The van der Waals surface area contributed by atoms with Gasteiger partial charge in [-0.2, -0.15) is 0 Å². The lowest BCUT2D eigenvalue weighted by molar-refractivity contribution is -0.402. The molecule has 2 aromatic heterocycles. The lowest BCUT2D eigenvalue weighted by Crippen LogP contribution is -1.97. The summed E-state index contributed by atoms with van der Waals surface area (Å²) in [4.78, 5) is 19.1. The van der Waals surface area contributed by atoms with Gasteiger partial charge in [-0.05, 0) is 24.6 Å². The zero-order valence-corrected chi connectivity index (χ0v) is 14.1. The van der Waals surface area contributed by atoms with E-state index in [0.717, 1.165) is 30.4 Å². The molecule has 130 valence electrons. The minimum absolute atomic E-state index is 0.297. The number of hydrogen-bond donors (Lipinski definition) is 0. The average Bonchev–Trinajstić information content (AvgIpc) is 3.22. The van der Waals surface area contributed by atoms with Gasteiger partial charge < -0.3 is 8.98 Å². The van der Waals surface area contributed by atoms with Gasteiger partial charge in [0.15, 0.2) is 5.76 Å². The van der Waals surface area contributed by atoms with Gasteiger partial charge in [0.2, 0.25) is 5.95 Å². The molecule has 0 amide bonds. The molecule has 0 bridgehead atoms. The molecule has 0 atom stereocenters. The van der Waals surface area contributed by atoms with Crippen LogP contribution in [-0.2, 0) is 6.54 Å². The fourth-order valence-corrected chi connectivity index (χ4v) is 2.71. The highest BCUT2D eigenvalue weighted by atomic mass is 16.6. The molecule has 25 heavy (non-hydrogen) atoms. The molecule has 0 fully saturated rings. The maximum Gasteiger partial charge on any atom is 0.433 e. The molecule has 0 aliphatic rings. The summed E-state index contributed by atoms with van der Waals surface area (Å²) < 4.78 is 7.19.